The summed E-state index contributed by atoms with van der Waals surface area (Å²) in [5.41, 5.74) is 2.46. The predicted molar refractivity (Wildman–Crippen MR) is 152 cm³/mol. The summed E-state index contributed by atoms with van der Waals surface area (Å²) >= 11 is -1.65. The van der Waals surface area contributed by atoms with Gasteiger partial charge in [-0.3, -0.25) is 0 Å². The summed E-state index contributed by atoms with van der Waals surface area (Å²) in [4.78, 5) is 18.4. The van der Waals surface area contributed by atoms with Gasteiger partial charge in [0.2, 0.25) is 0 Å². The molecule has 1 aromatic heterocycles. The van der Waals surface area contributed by atoms with Crippen LogP contribution in [0, 0.1) is 6.92 Å². The van der Waals surface area contributed by atoms with Crippen molar-refractivity contribution in [1.29, 1.82) is 0 Å². The Bertz CT molecular complexity index is 1630. The second kappa shape index (κ2) is 10.9. The van der Waals surface area contributed by atoms with Crippen molar-refractivity contribution in [3.63, 3.8) is 0 Å². The first-order valence-corrected chi connectivity index (χ1v) is 14.9. The van der Waals surface area contributed by atoms with E-state index in [0.29, 0.717) is 22.5 Å². The average molecular weight is 555 g/mol. The number of ether oxygens (including phenoxy) is 1. The van der Waals surface area contributed by atoms with Crippen molar-refractivity contribution < 1.29 is 9.84 Å². The Labute approximate surface area is 220 Å². The zero-order valence-corrected chi connectivity index (χ0v) is 22.4. The normalized spacial score (nSPS) is 11.4. The SMILES string of the molecule is COc1ccc([Se](C/C=C/c2nc3ccccc3c(=O)n2-c2ccc(C)cc2)c2ccccc2)c(O)c1. The molecule has 0 atom stereocenters. The summed E-state index contributed by atoms with van der Waals surface area (Å²) in [6.45, 7) is 2.02. The Morgan fingerprint density at radius 2 is 1.68 bits per heavy atom. The molecule has 1 heterocycles. The molecule has 0 saturated carbocycles. The molecule has 0 spiro atoms. The fourth-order valence-electron chi connectivity index (χ4n) is 4.19. The average Bonchev–Trinajstić information content (AvgIpc) is 2.93. The van der Waals surface area contributed by atoms with Gasteiger partial charge >= 0.3 is 221 Å². The van der Waals surface area contributed by atoms with Crippen LogP contribution in [0.5, 0.6) is 11.5 Å². The zero-order valence-electron chi connectivity index (χ0n) is 20.7. The van der Waals surface area contributed by atoms with Gasteiger partial charge in [-0.25, -0.2) is 0 Å². The summed E-state index contributed by atoms with van der Waals surface area (Å²) in [6.07, 6.45) is 4.00. The second-order valence-corrected chi connectivity index (χ2v) is 12.8. The molecule has 0 aliphatic heterocycles. The molecular formula is C31H27N2O3Se. The van der Waals surface area contributed by atoms with Gasteiger partial charge in [-0.15, -0.1) is 0 Å². The van der Waals surface area contributed by atoms with Crippen molar-refractivity contribution in [2.24, 2.45) is 0 Å². The van der Waals surface area contributed by atoms with Crippen molar-refractivity contribution in [2.45, 2.75) is 12.2 Å². The first-order valence-electron chi connectivity index (χ1n) is 11.9. The number of para-hydroxylation sites is 1. The maximum atomic E-state index is 13.5. The van der Waals surface area contributed by atoms with Crippen LogP contribution in [-0.2, 0) is 0 Å². The zero-order chi connectivity index (χ0) is 25.8. The van der Waals surface area contributed by atoms with Crippen LogP contribution in [0.1, 0.15) is 11.4 Å². The summed E-state index contributed by atoms with van der Waals surface area (Å²) in [6, 6.07) is 31.1. The number of aryl methyl sites for hydroxylation is 1. The molecular weight excluding hydrogens is 527 g/mol. The van der Waals surface area contributed by atoms with Gasteiger partial charge in [-0.2, -0.15) is 0 Å². The molecule has 37 heavy (non-hydrogen) atoms. The van der Waals surface area contributed by atoms with E-state index in [0.717, 1.165) is 21.0 Å². The molecule has 0 saturated heterocycles. The van der Waals surface area contributed by atoms with Crippen molar-refractivity contribution in [2.75, 3.05) is 7.11 Å². The van der Waals surface area contributed by atoms with E-state index in [1.165, 1.54) is 4.46 Å². The third-order valence-electron chi connectivity index (χ3n) is 6.08. The fourth-order valence-corrected chi connectivity index (χ4v) is 8.26. The predicted octanol–water partition coefficient (Wildman–Crippen LogP) is 4.73. The number of fused-ring (bicyclic) bond motifs is 1. The maximum absolute atomic E-state index is 13.5. The Hall–Kier alpha value is -4.12. The van der Waals surface area contributed by atoms with Crippen LogP contribution in [-0.4, -0.2) is 35.7 Å². The number of phenols is 1. The molecule has 5 nitrogen and oxygen atoms in total. The van der Waals surface area contributed by atoms with E-state index < -0.39 is 13.9 Å². The summed E-state index contributed by atoms with van der Waals surface area (Å²) in [5, 5.41) is 12.1. The Morgan fingerprint density at radius 3 is 2.41 bits per heavy atom. The number of methoxy groups -OCH3 is 1. The van der Waals surface area contributed by atoms with Crippen LogP contribution in [0.15, 0.2) is 108 Å². The molecule has 0 amide bonds. The molecule has 0 aliphatic carbocycles. The number of benzene rings is 4. The minimum absolute atomic E-state index is 0.0995. The summed E-state index contributed by atoms with van der Waals surface area (Å²) in [7, 11) is 1.59. The quantitative estimate of drug-likeness (QED) is 0.296. The van der Waals surface area contributed by atoms with Crippen molar-refractivity contribution in [1.82, 2.24) is 9.55 Å². The van der Waals surface area contributed by atoms with Crippen LogP contribution < -0.4 is 19.2 Å². The molecule has 0 unspecified atom stereocenters. The molecule has 185 valence electrons. The number of aromatic nitrogens is 2. The first kappa shape index (κ1) is 24.6. The van der Waals surface area contributed by atoms with Crippen LogP contribution in [0.3, 0.4) is 0 Å². The number of hydrogen-bond donors (Lipinski definition) is 1. The third-order valence-corrected chi connectivity index (χ3v) is 10.8. The molecule has 5 rings (SSSR count). The van der Waals surface area contributed by atoms with E-state index in [4.69, 9.17) is 9.72 Å². The molecule has 1 radical (unpaired) electrons. The van der Waals surface area contributed by atoms with Crippen LogP contribution in [0.25, 0.3) is 22.7 Å². The number of hydrogen-bond acceptors (Lipinski definition) is 4. The van der Waals surface area contributed by atoms with Gasteiger partial charge in [0.1, 0.15) is 0 Å². The van der Waals surface area contributed by atoms with Gasteiger partial charge in [0.25, 0.3) is 0 Å². The third kappa shape index (κ3) is 5.21. The molecule has 5 aromatic rings. The first-order chi connectivity index (χ1) is 18.0. The Balaban J connectivity index is 1.58. The van der Waals surface area contributed by atoms with Crippen LogP contribution >= 0.6 is 0 Å². The molecule has 0 aliphatic rings. The summed E-state index contributed by atoms with van der Waals surface area (Å²) in [5.74, 6) is 1.43. The van der Waals surface area contributed by atoms with Crippen molar-refractivity contribution in [3.05, 3.63) is 125 Å². The standard InChI is InChI=1S/C31H27N2O3Se/c1-22-14-16-23(17-15-22)33-30(32-27-12-7-6-11-26(27)31(33)35)13-8-20-37(25-9-4-3-5-10-25)29-19-18-24(36-2)21-28(29)34/h3-19,21,34H,20H2,1-2H3/b13-8+. The molecule has 0 bridgehead atoms. The van der Waals surface area contributed by atoms with Gasteiger partial charge in [0, 0.05) is 0 Å². The molecule has 6 heteroatoms. The summed E-state index contributed by atoms with van der Waals surface area (Å²) < 4.78 is 9.08. The monoisotopic (exact) mass is 555 g/mol. The number of rotatable bonds is 7. The fraction of sp³-hybridized carbons (Fsp3) is 0.0968. The second-order valence-electron chi connectivity index (χ2n) is 8.57. The number of phenolic OH excluding ortho intramolecular Hbond substituents is 1. The Morgan fingerprint density at radius 1 is 0.946 bits per heavy atom. The van der Waals surface area contributed by atoms with E-state index in [-0.39, 0.29) is 11.3 Å². The van der Waals surface area contributed by atoms with Crippen LogP contribution in [0.4, 0.5) is 0 Å². The van der Waals surface area contributed by atoms with E-state index >= 15 is 0 Å². The van der Waals surface area contributed by atoms with E-state index in [9.17, 15) is 9.90 Å². The van der Waals surface area contributed by atoms with Gasteiger partial charge in [-0.1, -0.05) is 0 Å². The molecule has 0 fully saturated rings. The van der Waals surface area contributed by atoms with E-state index in [2.05, 4.69) is 18.2 Å². The van der Waals surface area contributed by atoms with E-state index in [1.54, 1.807) is 17.7 Å². The van der Waals surface area contributed by atoms with Crippen LogP contribution in [0.2, 0.25) is 5.32 Å². The minimum atomic E-state index is -1.65. The molecule has 1 N–H and O–H groups in total. The van der Waals surface area contributed by atoms with Gasteiger partial charge in [0.15, 0.2) is 0 Å². The Kier molecular flexibility index (Phi) is 7.22. The number of nitrogens with zero attached hydrogens (tertiary/aromatic N) is 2. The number of allylic oxidation sites excluding steroid dienone is 1. The number of aromatic hydroxyl groups is 1. The topological polar surface area (TPSA) is 64.3 Å². The van der Waals surface area contributed by atoms with Gasteiger partial charge < -0.3 is 0 Å². The van der Waals surface area contributed by atoms with Crippen molar-refractivity contribution in [3.8, 4) is 17.2 Å². The van der Waals surface area contributed by atoms with E-state index in [1.807, 2.05) is 91.9 Å². The van der Waals surface area contributed by atoms with Gasteiger partial charge in [0.05, 0.1) is 0 Å². The van der Waals surface area contributed by atoms with Gasteiger partial charge in [-0.05, 0) is 0 Å². The molecule has 4 aromatic carbocycles. The van der Waals surface area contributed by atoms with Crippen molar-refractivity contribution >= 4 is 39.8 Å².